The number of hydrogen-bond acceptors (Lipinski definition) is 3. The predicted molar refractivity (Wildman–Crippen MR) is 43.7 cm³/mol. The van der Waals surface area contributed by atoms with Gasteiger partial charge in [0.25, 0.3) is 0 Å². The van der Waals surface area contributed by atoms with Crippen LogP contribution in [0.2, 0.25) is 0 Å². The number of rotatable bonds is 2. The quantitative estimate of drug-likeness (QED) is 0.659. The highest BCUT2D eigenvalue weighted by Gasteiger charge is 2.02. The second-order valence-electron chi connectivity index (χ2n) is 2.50. The van der Waals surface area contributed by atoms with Gasteiger partial charge in [-0.05, 0) is 12.1 Å². The Morgan fingerprint density at radius 3 is 3.25 bits per heavy atom. The molecule has 0 radical (unpaired) electrons. The van der Waals surface area contributed by atoms with Gasteiger partial charge in [0, 0.05) is 13.3 Å². The van der Waals surface area contributed by atoms with E-state index in [1.807, 2.05) is 24.4 Å². The average molecular weight is 163 g/mol. The van der Waals surface area contributed by atoms with Crippen LogP contribution in [-0.2, 0) is 11.3 Å². The molecule has 0 unspecified atom stereocenters. The lowest BCUT2D eigenvalue weighted by atomic mass is 10.3. The van der Waals surface area contributed by atoms with Gasteiger partial charge >= 0.3 is 0 Å². The van der Waals surface area contributed by atoms with Gasteiger partial charge in [0.1, 0.15) is 5.69 Å². The summed E-state index contributed by atoms with van der Waals surface area (Å²) in [4.78, 5) is 0. The monoisotopic (exact) mass is 163 g/mol. The molecule has 62 valence electrons. The topological polar surface area (TPSA) is 39.4 Å². The van der Waals surface area contributed by atoms with Gasteiger partial charge < -0.3 is 4.74 Å². The van der Waals surface area contributed by atoms with Crippen LogP contribution in [0.3, 0.4) is 0 Å². The van der Waals surface area contributed by atoms with Crippen molar-refractivity contribution >= 4 is 5.52 Å². The highest BCUT2D eigenvalue weighted by Crippen LogP contribution is 2.06. The summed E-state index contributed by atoms with van der Waals surface area (Å²) in [5, 5.41) is 7.90. The Labute approximate surface area is 69.8 Å². The molecule has 0 N–H and O–H groups in total. The molecule has 2 aromatic heterocycles. The van der Waals surface area contributed by atoms with E-state index in [1.54, 1.807) is 11.6 Å². The van der Waals surface area contributed by atoms with E-state index in [1.165, 1.54) is 0 Å². The van der Waals surface area contributed by atoms with Crippen molar-refractivity contribution in [1.82, 2.24) is 14.8 Å². The standard InChI is InChI=1S/C8H9N3O/c1-12-6-7-8-4-2-3-5-11(8)10-9-7/h2-5H,6H2,1H3. The molecule has 0 atom stereocenters. The molecule has 2 aromatic rings. The summed E-state index contributed by atoms with van der Waals surface area (Å²) in [6, 6.07) is 5.84. The molecule has 12 heavy (non-hydrogen) atoms. The van der Waals surface area contributed by atoms with E-state index in [0.29, 0.717) is 6.61 Å². The van der Waals surface area contributed by atoms with Crippen molar-refractivity contribution < 1.29 is 4.74 Å². The molecule has 0 fully saturated rings. The first-order valence-electron chi connectivity index (χ1n) is 3.69. The summed E-state index contributed by atoms with van der Waals surface area (Å²) in [7, 11) is 1.65. The number of pyridine rings is 1. The van der Waals surface area contributed by atoms with Crippen molar-refractivity contribution in [2.24, 2.45) is 0 Å². The van der Waals surface area contributed by atoms with Crippen molar-refractivity contribution in [1.29, 1.82) is 0 Å². The van der Waals surface area contributed by atoms with Gasteiger partial charge in [-0.3, -0.25) is 0 Å². The highest BCUT2D eigenvalue weighted by molar-refractivity contribution is 5.49. The Morgan fingerprint density at radius 2 is 2.42 bits per heavy atom. The highest BCUT2D eigenvalue weighted by atomic mass is 16.5. The molecule has 2 rings (SSSR count). The lowest BCUT2D eigenvalue weighted by molar-refractivity contribution is 0.182. The molecule has 0 bridgehead atoms. The number of fused-ring (bicyclic) bond motifs is 1. The predicted octanol–water partition coefficient (Wildman–Crippen LogP) is 0.876. The lowest BCUT2D eigenvalue weighted by Crippen LogP contribution is -1.88. The Morgan fingerprint density at radius 1 is 1.50 bits per heavy atom. The Kier molecular flexibility index (Phi) is 1.75. The van der Waals surface area contributed by atoms with Crippen molar-refractivity contribution in [3.8, 4) is 0 Å². The maximum atomic E-state index is 4.98. The van der Waals surface area contributed by atoms with Crippen LogP contribution in [0.4, 0.5) is 0 Å². The number of hydrogen-bond donors (Lipinski definition) is 0. The summed E-state index contributed by atoms with van der Waals surface area (Å²) in [5.74, 6) is 0. The van der Waals surface area contributed by atoms with Crippen LogP contribution in [0, 0.1) is 0 Å². The number of ether oxygens (including phenoxy) is 1. The molecule has 0 aliphatic heterocycles. The fourth-order valence-electron chi connectivity index (χ4n) is 1.13. The molecular formula is C8H9N3O. The van der Waals surface area contributed by atoms with Crippen LogP contribution in [0.15, 0.2) is 24.4 Å². The zero-order valence-electron chi connectivity index (χ0n) is 6.77. The first-order valence-corrected chi connectivity index (χ1v) is 3.69. The van der Waals surface area contributed by atoms with E-state index in [0.717, 1.165) is 11.2 Å². The van der Waals surface area contributed by atoms with Gasteiger partial charge in [0.05, 0.1) is 12.1 Å². The molecule has 0 aliphatic rings. The van der Waals surface area contributed by atoms with Crippen LogP contribution in [0.1, 0.15) is 5.69 Å². The third-order valence-corrected chi connectivity index (χ3v) is 1.68. The third kappa shape index (κ3) is 1.06. The molecule has 2 heterocycles. The molecule has 0 aromatic carbocycles. The second-order valence-corrected chi connectivity index (χ2v) is 2.50. The number of methoxy groups -OCH3 is 1. The van der Waals surface area contributed by atoms with Crippen LogP contribution in [-0.4, -0.2) is 21.9 Å². The first kappa shape index (κ1) is 7.24. The van der Waals surface area contributed by atoms with Gasteiger partial charge in [-0.2, -0.15) is 0 Å². The summed E-state index contributed by atoms with van der Waals surface area (Å²) in [6.45, 7) is 0.507. The van der Waals surface area contributed by atoms with Gasteiger partial charge in [-0.1, -0.05) is 11.3 Å². The minimum atomic E-state index is 0.507. The van der Waals surface area contributed by atoms with Crippen molar-refractivity contribution in [3.05, 3.63) is 30.1 Å². The largest absolute Gasteiger partial charge is 0.378 e. The smallest absolute Gasteiger partial charge is 0.116 e. The Bertz CT molecular complexity index is 382. The van der Waals surface area contributed by atoms with Crippen molar-refractivity contribution in [2.45, 2.75) is 6.61 Å². The van der Waals surface area contributed by atoms with E-state index < -0.39 is 0 Å². The zero-order chi connectivity index (χ0) is 8.39. The van der Waals surface area contributed by atoms with E-state index in [9.17, 15) is 0 Å². The van der Waals surface area contributed by atoms with Crippen LogP contribution in [0.25, 0.3) is 5.52 Å². The van der Waals surface area contributed by atoms with Crippen molar-refractivity contribution in [3.63, 3.8) is 0 Å². The molecule has 0 aliphatic carbocycles. The Balaban J connectivity index is 2.55. The molecule has 0 saturated carbocycles. The Hall–Kier alpha value is -1.42. The van der Waals surface area contributed by atoms with Crippen LogP contribution < -0.4 is 0 Å². The minimum Gasteiger partial charge on any atom is -0.378 e. The second kappa shape index (κ2) is 2.91. The van der Waals surface area contributed by atoms with Crippen LogP contribution in [0.5, 0.6) is 0 Å². The maximum Gasteiger partial charge on any atom is 0.116 e. The third-order valence-electron chi connectivity index (χ3n) is 1.68. The molecule has 4 nitrogen and oxygen atoms in total. The normalized spacial score (nSPS) is 10.8. The summed E-state index contributed by atoms with van der Waals surface area (Å²) >= 11 is 0. The zero-order valence-corrected chi connectivity index (χ0v) is 6.77. The lowest BCUT2D eigenvalue weighted by Gasteiger charge is -1.93. The number of nitrogens with zero attached hydrogens (tertiary/aromatic N) is 3. The van der Waals surface area contributed by atoms with E-state index >= 15 is 0 Å². The molecule has 0 amide bonds. The molecular weight excluding hydrogens is 154 g/mol. The fraction of sp³-hybridized carbons (Fsp3) is 0.250. The summed E-state index contributed by atoms with van der Waals surface area (Å²) in [5.41, 5.74) is 1.87. The first-order chi connectivity index (χ1) is 5.92. The maximum absolute atomic E-state index is 4.98. The average Bonchev–Trinajstić information content (AvgIpc) is 2.50. The molecule has 0 saturated heterocycles. The number of aromatic nitrogens is 3. The molecule has 4 heteroatoms. The van der Waals surface area contributed by atoms with Gasteiger partial charge in [-0.15, -0.1) is 5.10 Å². The van der Waals surface area contributed by atoms with E-state index in [2.05, 4.69) is 10.3 Å². The minimum absolute atomic E-state index is 0.507. The molecule has 0 spiro atoms. The van der Waals surface area contributed by atoms with E-state index in [4.69, 9.17) is 4.74 Å². The van der Waals surface area contributed by atoms with Crippen LogP contribution >= 0.6 is 0 Å². The SMILES string of the molecule is COCc1nnn2ccccc12. The van der Waals surface area contributed by atoms with Gasteiger partial charge in [0.15, 0.2) is 0 Å². The van der Waals surface area contributed by atoms with Gasteiger partial charge in [-0.25, -0.2) is 4.52 Å². The van der Waals surface area contributed by atoms with Crippen molar-refractivity contribution in [2.75, 3.05) is 7.11 Å². The summed E-state index contributed by atoms with van der Waals surface area (Å²) < 4.78 is 6.71. The van der Waals surface area contributed by atoms with Gasteiger partial charge in [0.2, 0.25) is 0 Å². The van der Waals surface area contributed by atoms with E-state index in [-0.39, 0.29) is 0 Å². The fourth-order valence-corrected chi connectivity index (χ4v) is 1.13. The summed E-state index contributed by atoms with van der Waals surface area (Å²) in [6.07, 6.45) is 1.86.